The number of aliphatic hydroxyl groups excluding tert-OH is 1. The van der Waals surface area contributed by atoms with Gasteiger partial charge in [-0.05, 0) is 45.8 Å². The van der Waals surface area contributed by atoms with Crippen LogP contribution in [0.2, 0.25) is 0 Å². The molecule has 0 spiro atoms. The molecule has 3 N–H and O–H groups in total. The summed E-state index contributed by atoms with van der Waals surface area (Å²) in [4.78, 5) is 11.5. The molecule has 0 amide bonds. The van der Waals surface area contributed by atoms with Crippen molar-refractivity contribution in [2.45, 2.75) is 28.6 Å². The van der Waals surface area contributed by atoms with Gasteiger partial charge in [0.2, 0.25) is 15.2 Å². The predicted octanol–water partition coefficient (Wildman–Crippen LogP) is 1.16. The van der Waals surface area contributed by atoms with Crippen LogP contribution in [-0.4, -0.2) is 69.8 Å². The molecule has 2 atom stereocenters. The highest BCUT2D eigenvalue weighted by Crippen LogP contribution is 2.24. The maximum Gasteiger partial charge on any atom is 0.321 e. The Morgan fingerprint density at radius 3 is 2.27 bits per heavy atom. The summed E-state index contributed by atoms with van der Waals surface area (Å²) < 4.78 is 34.2. The van der Waals surface area contributed by atoms with Gasteiger partial charge in [0.25, 0.3) is 0 Å². The van der Waals surface area contributed by atoms with E-state index in [9.17, 15) is 23.4 Å². The lowest BCUT2D eigenvalue weighted by Gasteiger charge is -2.18. The number of hydrogen-bond donors (Lipinski definition) is 3. The Balaban J connectivity index is 1.65. The fourth-order valence-corrected chi connectivity index (χ4v) is 4.92. The fourth-order valence-electron chi connectivity index (χ4n) is 2.92. The van der Waals surface area contributed by atoms with Gasteiger partial charge >= 0.3 is 5.97 Å². The van der Waals surface area contributed by atoms with E-state index in [0.717, 1.165) is 22.9 Å². The van der Waals surface area contributed by atoms with E-state index in [1.165, 1.54) is 16.8 Å². The van der Waals surface area contributed by atoms with Crippen molar-refractivity contribution >= 4 is 27.8 Å². The van der Waals surface area contributed by atoms with Crippen molar-refractivity contribution in [3.05, 3.63) is 48.5 Å². The first kappa shape index (κ1) is 24.6. The van der Waals surface area contributed by atoms with Crippen LogP contribution in [0.4, 0.5) is 0 Å². The summed E-state index contributed by atoms with van der Waals surface area (Å²) in [6, 6.07) is 11.8. The number of nitrogens with one attached hydrogen (secondary N) is 1. The van der Waals surface area contributed by atoms with Crippen LogP contribution < -0.4 is 9.46 Å². The van der Waals surface area contributed by atoms with Crippen LogP contribution in [0.15, 0.2) is 58.6 Å². The highest BCUT2D eigenvalue weighted by molar-refractivity contribution is 7.99. The number of methoxy groups -OCH3 is 1. The van der Waals surface area contributed by atoms with E-state index in [1.807, 2.05) is 12.1 Å². The molecule has 2 aromatic carbocycles. The first-order valence-corrected chi connectivity index (χ1v) is 12.2. The van der Waals surface area contributed by atoms with Gasteiger partial charge in [-0.1, -0.05) is 36.0 Å². The molecule has 11 nitrogen and oxygen atoms in total. The molecule has 0 aliphatic rings. The molecular formula is C20H23N5O6S2. The van der Waals surface area contributed by atoms with Gasteiger partial charge in [-0.25, -0.2) is 13.1 Å². The van der Waals surface area contributed by atoms with Gasteiger partial charge in [0, 0.05) is 19.2 Å². The molecule has 0 saturated carbocycles. The molecule has 3 aromatic rings. The Labute approximate surface area is 194 Å². The molecular weight excluding hydrogens is 470 g/mol. The van der Waals surface area contributed by atoms with Crippen LogP contribution >= 0.6 is 11.8 Å². The molecule has 176 valence electrons. The van der Waals surface area contributed by atoms with Crippen LogP contribution in [0.1, 0.15) is 6.42 Å². The lowest BCUT2D eigenvalue weighted by molar-refractivity contribution is -0.139. The molecule has 1 heterocycles. The van der Waals surface area contributed by atoms with Crippen molar-refractivity contribution in [3.63, 3.8) is 0 Å². The number of tetrazole rings is 1. The van der Waals surface area contributed by atoms with Crippen molar-refractivity contribution in [3.8, 4) is 16.9 Å². The third-order valence-electron chi connectivity index (χ3n) is 4.68. The van der Waals surface area contributed by atoms with Crippen LogP contribution in [-0.2, 0) is 21.9 Å². The Kier molecular flexibility index (Phi) is 8.02. The summed E-state index contributed by atoms with van der Waals surface area (Å²) in [5, 5.41) is 31.0. The van der Waals surface area contributed by atoms with Gasteiger partial charge in [0.15, 0.2) is 0 Å². The smallest absolute Gasteiger partial charge is 0.321 e. The molecule has 2 unspecified atom stereocenters. The quantitative estimate of drug-likeness (QED) is 0.331. The summed E-state index contributed by atoms with van der Waals surface area (Å²) in [6.45, 7) is 0. The van der Waals surface area contributed by atoms with E-state index < -0.39 is 28.1 Å². The second kappa shape index (κ2) is 10.7. The van der Waals surface area contributed by atoms with Crippen LogP contribution in [0.25, 0.3) is 11.1 Å². The minimum atomic E-state index is -4.13. The average molecular weight is 494 g/mol. The molecule has 3 rings (SSSR count). The van der Waals surface area contributed by atoms with Crippen molar-refractivity contribution in [1.29, 1.82) is 0 Å². The summed E-state index contributed by atoms with van der Waals surface area (Å²) >= 11 is 1.13. The maximum atomic E-state index is 12.7. The van der Waals surface area contributed by atoms with E-state index in [4.69, 9.17) is 4.74 Å². The zero-order valence-electron chi connectivity index (χ0n) is 17.8. The van der Waals surface area contributed by atoms with Crippen molar-refractivity contribution in [1.82, 2.24) is 24.9 Å². The lowest BCUT2D eigenvalue weighted by Crippen LogP contribution is -2.43. The molecule has 0 bridgehead atoms. The molecule has 0 saturated heterocycles. The first-order chi connectivity index (χ1) is 15.7. The summed E-state index contributed by atoms with van der Waals surface area (Å²) in [7, 11) is -0.933. The number of carboxylic acid groups (broad SMARTS) is 1. The monoisotopic (exact) mass is 493 g/mol. The number of aliphatic carboxylic acids is 1. The normalized spacial score (nSPS) is 13.4. The minimum absolute atomic E-state index is 0.0833. The number of aliphatic hydroxyl groups is 1. The number of carboxylic acids is 1. The third-order valence-corrected chi connectivity index (χ3v) is 7.32. The zero-order chi connectivity index (χ0) is 24.0. The molecule has 0 aliphatic carbocycles. The first-order valence-electron chi connectivity index (χ1n) is 9.72. The lowest BCUT2D eigenvalue weighted by atomic mass is 10.1. The van der Waals surface area contributed by atoms with Gasteiger partial charge in [0.05, 0.1) is 18.1 Å². The molecule has 0 fully saturated rings. The topological polar surface area (TPSA) is 157 Å². The molecule has 1 aromatic heterocycles. The largest absolute Gasteiger partial charge is 0.497 e. The number of sulfonamides is 1. The molecule has 13 heteroatoms. The van der Waals surface area contributed by atoms with Crippen LogP contribution in [0, 0.1) is 0 Å². The van der Waals surface area contributed by atoms with Crippen LogP contribution in [0.3, 0.4) is 0 Å². The number of ether oxygens (including phenoxy) is 1. The van der Waals surface area contributed by atoms with Crippen LogP contribution in [0.5, 0.6) is 5.75 Å². The Morgan fingerprint density at radius 2 is 1.76 bits per heavy atom. The standard InChI is InChI=1S/C20H23N5O6S2/c1-25-20(21-23-24-25)32-12-15(26)11-18(19(27)28)22-33(29,30)17-9-5-14(6-10-17)13-3-7-16(31-2)8-4-13/h3-10,15,18,22,26H,11-12H2,1-2H3,(H,27,28). The maximum absolute atomic E-state index is 12.7. The highest BCUT2D eigenvalue weighted by Gasteiger charge is 2.28. The molecule has 33 heavy (non-hydrogen) atoms. The number of aryl methyl sites for hydroxylation is 1. The number of thioether (sulfide) groups is 1. The van der Waals surface area contributed by atoms with Crippen molar-refractivity contribution in [2.75, 3.05) is 12.9 Å². The SMILES string of the molecule is COc1ccc(-c2ccc(S(=O)(=O)NC(CC(O)CSc3nnnn3C)C(=O)O)cc2)cc1. The Hall–Kier alpha value is -3.00. The van der Waals surface area contributed by atoms with Crippen molar-refractivity contribution in [2.24, 2.45) is 7.05 Å². The number of benzene rings is 2. The second-order valence-corrected chi connectivity index (χ2v) is 9.75. The van der Waals surface area contributed by atoms with Gasteiger partial charge in [0.1, 0.15) is 11.8 Å². The summed E-state index contributed by atoms with van der Waals surface area (Å²) in [5.41, 5.74) is 1.66. The van der Waals surface area contributed by atoms with Gasteiger partial charge in [-0.15, -0.1) is 5.10 Å². The summed E-state index contributed by atoms with van der Waals surface area (Å²) in [6.07, 6.45) is -1.43. The number of nitrogens with zero attached hydrogens (tertiary/aromatic N) is 4. The second-order valence-electron chi connectivity index (χ2n) is 7.05. The number of aromatic nitrogens is 4. The van der Waals surface area contributed by atoms with Crippen molar-refractivity contribution < 1.29 is 28.2 Å². The molecule has 0 radical (unpaired) electrons. The number of hydrogen-bond acceptors (Lipinski definition) is 9. The van der Waals surface area contributed by atoms with E-state index in [-0.39, 0.29) is 17.1 Å². The predicted molar refractivity (Wildman–Crippen MR) is 120 cm³/mol. The zero-order valence-corrected chi connectivity index (χ0v) is 19.5. The molecule has 0 aliphatic heterocycles. The number of carbonyl (C=O) groups is 1. The minimum Gasteiger partial charge on any atom is -0.497 e. The number of rotatable bonds is 11. The van der Waals surface area contributed by atoms with Gasteiger partial charge < -0.3 is 14.9 Å². The average Bonchev–Trinajstić information content (AvgIpc) is 3.22. The Morgan fingerprint density at radius 1 is 1.15 bits per heavy atom. The van der Waals surface area contributed by atoms with E-state index in [2.05, 4.69) is 20.2 Å². The van der Waals surface area contributed by atoms with E-state index in [0.29, 0.717) is 10.9 Å². The highest BCUT2D eigenvalue weighted by atomic mass is 32.2. The van der Waals surface area contributed by atoms with E-state index in [1.54, 1.807) is 38.4 Å². The summed E-state index contributed by atoms with van der Waals surface area (Å²) in [5.74, 6) is -0.593. The Bertz CT molecular complexity index is 1180. The third kappa shape index (κ3) is 6.51. The van der Waals surface area contributed by atoms with E-state index >= 15 is 0 Å². The fraction of sp³-hybridized carbons (Fsp3) is 0.300. The van der Waals surface area contributed by atoms with Gasteiger partial charge in [-0.3, -0.25) is 4.79 Å². The van der Waals surface area contributed by atoms with Gasteiger partial charge in [-0.2, -0.15) is 4.72 Å².